The van der Waals surface area contributed by atoms with Crippen molar-refractivity contribution in [3.05, 3.63) is 24.3 Å². The first kappa shape index (κ1) is 10.1. The van der Waals surface area contributed by atoms with Crippen LogP contribution in [0, 0.1) is 5.92 Å². The zero-order valence-corrected chi connectivity index (χ0v) is 8.49. The average molecular weight is 179 g/mol. The van der Waals surface area contributed by atoms with Crippen LogP contribution in [0.4, 0.5) is 0 Å². The molecule has 0 spiro atoms. The van der Waals surface area contributed by atoms with E-state index in [4.69, 9.17) is 0 Å². The molecule has 0 aliphatic rings. The Kier molecular flexibility index (Phi) is 3.83. The van der Waals surface area contributed by atoms with Crippen LogP contribution < -0.4 is 5.32 Å². The maximum Gasteiger partial charge on any atom is 0.115 e. The van der Waals surface area contributed by atoms with Crippen LogP contribution in [0.15, 0.2) is 18.6 Å². The third-order valence-corrected chi connectivity index (χ3v) is 2.02. The standard InChI is InChI=1S/C10H17N3/c1-8(2)6-10(11-3)9-4-5-12-7-13-9/h4-5,7-8,10-11H,6H2,1-3H3. The number of nitrogens with one attached hydrogen (secondary N) is 1. The van der Waals surface area contributed by atoms with Gasteiger partial charge in [0.25, 0.3) is 0 Å². The van der Waals surface area contributed by atoms with Gasteiger partial charge in [0, 0.05) is 12.2 Å². The fourth-order valence-corrected chi connectivity index (χ4v) is 1.36. The fraction of sp³-hybridized carbons (Fsp3) is 0.600. The summed E-state index contributed by atoms with van der Waals surface area (Å²) in [7, 11) is 1.97. The average Bonchev–Trinajstić information content (AvgIpc) is 2.15. The number of hydrogen-bond donors (Lipinski definition) is 1. The third-order valence-electron chi connectivity index (χ3n) is 2.02. The molecule has 1 aromatic rings. The molecule has 1 unspecified atom stereocenters. The molecule has 1 rings (SSSR count). The Bertz CT molecular complexity index is 233. The second kappa shape index (κ2) is 4.92. The molecule has 0 aromatic carbocycles. The smallest absolute Gasteiger partial charge is 0.115 e. The summed E-state index contributed by atoms with van der Waals surface area (Å²) in [6.07, 6.45) is 4.49. The molecule has 0 saturated heterocycles. The minimum Gasteiger partial charge on any atom is -0.312 e. The van der Waals surface area contributed by atoms with Crippen molar-refractivity contribution >= 4 is 0 Å². The molecule has 3 nitrogen and oxygen atoms in total. The molecule has 0 amide bonds. The van der Waals surface area contributed by atoms with Crippen molar-refractivity contribution in [2.75, 3.05) is 7.05 Å². The molecule has 13 heavy (non-hydrogen) atoms. The van der Waals surface area contributed by atoms with Gasteiger partial charge in [0.05, 0.1) is 5.69 Å². The van der Waals surface area contributed by atoms with Gasteiger partial charge in [-0.05, 0) is 25.5 Å². The Morgan fingerprint density at radius 3 is 2.69 bits per heavy atom. The lowest BCUT2D eigenvalue weighted by molar-refractivity contribution is 0.448. The van der Waals surface area contributed by atoms with Crippen molar-refractivity contribution < 1.29 is 0 Å². The Morgan fingerprint density at radius 1 is 1.46 bits per heavy atom. The second-order valence-electron chi connectivity index (χ2n) is 3.61. The molecule has 0 aliphatic heterocycles. The van der Waals surface area contributed by atoms with E-state index in [2.05, 4.69) is 29.1 Å². The number of aromatic nitrogens is 2. The molecule has 3 heteroatoms. The van der Waals surface area contributed by atoms with E-state index in [1.807, 2.05) is 13.1 Å². The summed E-state index contributed by atoms with van der Waals surface area (Å²) in [6.45, 7) is 4.43. The highest BCUT2D eigenvalue weighted by atomic mass is 14.9. The fourth-order valence-electron chi connectivity index (χ4n) is 1.36. The van der Waals surface area contributed by atoms with Crippen LogP contribution in [0.5, 0.6) is 0 Å². The van der Waals surface area contributed by atoms with Crippen molar-refractivity contribution in [2.45, 2.75) is 26.3 Å². The molecule has 1 atom stereocenters. The summed E-state index contributed by atoms with van der Waals surface area (Å²) in [5, 5.41) is 3.26. The molecular weight excluding hydrogens is 162 g/mol. The first-order valence-electron chi connectivity index (χ1n) is 4.67. The van der Waals surface area contributed by atoms with E-state index in [9.17, 15) is 0 Å². The van der Waals surface area contributed by atoms with E-state index in [1.54, 1.807) is 12.5 Å². The van der Waals surface area contributed by atoms with Crippen LogP contribution >= 0.6 is 0 Å². The van der Waals surface area contributed by atoms with Gasteiger partial charge >= 0.3 is 0 Å². The van der Waals surface area contributed by atoms with Gasteiger partial charge in [0.15, 0.2) is 0 Å². The molecule has 0 aliphatic carbocycles. The minimum atomic E-state index is 0.350. The third kappa shape index (κ3) is 3.11. The van der Waals surface area contributed by atoms with Gasteiger partial charge in [0.1, 0.15) is 6.33 Å². The predicted molar refractivity (Wildman–Crippen MR) is 53.3 cm³/mol. The van der Waals surface area contributed by atoms with Crippen LogP contribution in [0.1, 0.15) is 32.0 Å². The van der Waals surface area contributed by atoms with Crippen molar-refractivity contribution in [1.29, 1.82) is 0 Å². The summed E-state index contributed by atoms with van der Waals surface area (Å²) >= 11 is 0. The van der Waals surface area contributed by atoms with E-state index >= 15 is 0 Å². The highest BCUT2D eigenvalue weighted by Crippen LogP contribution is 2.17. The lowest BCUT2D eigenvalue weighted by atomic mass is 10.0. The van der Waals surface area contributed by atoms with Crippen molar-refractivity contribution in [1.82, 2.24) is 15.3 Å². The quantitative estimate of drug-likeness (QED) is 0.765. The van der Waals surface area contributed by atoms with E-state index in [-0.39, 0.29) is 0 Å². The normalized spacial score (nSPS) is 13.2. The largest absolute Gasteiger partial charge is 0.312 e. The number of nitrogens with zero attached hydrogens (tertiary/aromatic N) is 2. The molecule has 0 fully saturated rings. The van der Waals surface area contributed by atoms with Gasteiger partial charge in [-0.25, -0.2) is 9.97 Å². The molecular formula is C10H17N3. The first-order chi connectivity index (χ1) is 6.24. The Balaban J connectivity index is 2.67. The molecule has 0 bridgehead atoms. The maximum absolute atomic E-state index is 4.23. The van der Waals surface area contributed by atoms with Gasteiger partial charge in [-0.3, -0.25) is 0 Å². The van der Waals surface area contributed by atoms with E-state index in [0.29, 0.717) is 12.0 Å². The van der Waals surface area contributed by atoms with Gasteiger partial charge in [-0.2, -0.15) is 0 Å². The van der Waals surface area contributed by atoms with Crippen LogP contribution in [0.3, 0.4) is 0 Å². The van der Waals surface area contributed by atoms with Crippen LogP contribution in [-0.4, -0.2) is 17.0 Å². The second-order valence-corrected chi connectivity index (χ2v) is 3.61. The highest BCUT2D eigenvalue weighted by molar-refractivity contribution is 5.04. The number of rotatable bonds is 4. The zero-order chi connectivity index (χ0) is 9.68. The van der Waals surface area contributed by atoms with Crippen molar-refractivity contribution in [3.63, 3.8) is 0 Å². The summed E-state index contributed by atoms with van der Waals surface area (Å²) in [5.41, 5.74) is 1.08. The van der Waals surface area contributed by atoms with Crippen LogP contribution in [0.25, 0.3) is 0 Å². The van der Waals surface area contributed by atoms with Crippen molar-refractivity contribution in [3.8, 4) is 0 Å². The lowest BCUT2D eigenvalue weighted by Crippen LogP contribution is -2.19. The van der Waals surface area contributed by atoms with E-state index in [1.165, 1.54) is 0 Å². The first-order valence-corrected chi connectivity index (χ1v) is 4.67. The van der Waals surface area contributed by atoms with Crippen LogP contribution in [0.2, 0.25) is 0 Å². The van der Waals surface area contributed by atoms with Crippen LogP contribution in [-0.2, 0) is 0 Å². The zero-order valence-electron chi connectivity index (χ0n) is 8.49. The van der Waals surface area contributed by atoms with Gasteiger partial charge in [-0.1, -0.05) is 13.8 Å². The van der Waals surface area contributed by atoms with E-state index in [0.717, 1.165) is 12.1 Å². The van der Waals surface area contributed by atoms with Gasteiger partial charge in [0.2, 0.25) is 0 Å². The molecule has 0 radical (unpaired) electrons. The minimum absolute atomic E-state index is 0.350. The monoisotopic (exact) mass is 179 g/mol. The molecule has 0 saturated carbocycles. The lowest BCUT2D eigenvalue weighted by Gasteiger charge is -2.17. The Morgan fingerprint density at radius 2 is 2.23 bits per heavy atom. The maximum atomic E-state index is 4.23. The molecule has 1 heterocycles. The Hall–Kier alpha value is -0.960. The Labute approximate surface area is 79.6 Å². The SMILES string of the molecule is CNC(CC(C)C)c1ccncn1. The van der Waals surface area contributed by atoms with Crippen molar-refractivity contribution in [2.24, 2.45) is 5.92 Å². The highest BCUT2D eigenvalue weighted by Gasteiger charge is 2.11. The summed E-state index contributed by atoms with van der Waals surface area (Å²) in [4.78, 5) is 8.13. The van der Waals surface area contributed by atoms with Gasteiger partial charge in [-0.15, -0.1) is 0 Å². The predicted octanol–water partition coefficient (Wildman–Crippen LogP) is 1.78. The molecule has 1 N–H and O–H groups in total. The molecule has 72 valence electrons. The van der Waals surface area contributed by atoms with E-state index < -0.39 is 0 Å². The topological polar surface area (TPSA) is 37.8 Å². The summed E-state index contributed by atoms with van der Waals surface area (Å²) in [5.74, 6) is 0.674. The number of hydrogen-bond acceptors (Lipinski definition) is 3. The molecule has 1 aromatic heterocycles. The summed E-state index contributed by atoms with van der Waals surface area (Å²) < 4.78 is 0. The summed E-state index contributed by atoms with van der Waals surface area (Å²) in [6, 6.07) is 2.31. The van der Waals surface area contributed by atoms with Gasteiger partial charge < -0.3 is 5.32 Å².